The topological polar surface area (TPSA) is 88.2 Å². The molecule has 1 fully saturated rings. The summed E-state index contributed by atoms with van der Waals surface area (Å²) < 4.78 is 11.9. The van der Waals surface area contributed by atoms with Crippen LogP contribution in [-0.2, 0) is 9.59 Å². The van der Waals surface area contributed by atoms with Crippen LogP contribution in [0.3, 0.4) is 0 Å². The third-order valence-electron chi connectivity index (χ3n) is 9.22. The smallest absolute Gasteiger partial charge is 0.335 e. The fourth-order valence-electron chi connectivity index (χ4n) is 7.10. The van der Waals surface area contributed by atoms with Crippen LogP contribution in [0.5, 0.6) is 11.5 Å². The second kappa shape index (κ2) is 13.2. The first-order valence-corrected chi connectivity index (χ1v) is 16.8. The van der Waals surface area contributed by atoms with E-state index >= 15 is 0 Å². The number of imide groups is 2. The molecular weight excluding hydrogens is 717 g/mol. The molecule has 0 unspecified atom stereocenters. The van der Waals surface area contributed by atoms with Crippen LogP contribution in [0.25, 0.3) is 6.08 Å². The van der Waals surface area contributed by atoms with Gasteiger partial charge in [-0.05, 0) is 93.6 Å². The minimum absolute atomic E-state index is 0.0571. The lowest BCUT2D eigenvalue weighted by Crippen LogP contribution is -2.54. The predicted molar refractivity (Wildman–Crippen MR) is 193 cm³/mol. The number of ether oxygens (including phenoxy) is 2. The molecule has 3 heterocycles. The highest BCUT2D eigenvalue weighted by Crippen LogP contribution is 2.50. The maximum absolute atomic E-state index is 14.2. The molecule has 4 amide bonds. The van der Waals surface area contributed by atoms with Gasteiger partial charge in [0.05, 0.1) is 16.4 Å². The average Bonchev–Trinajstić information content (AvgIpc) is 3.10. The summed E-state index contributed by atoms with van der Waals surface area (Å²) in [5, 5.41) is 2.41. The Balaban J connectivity index is 1.35. The lowest BCUT2D eigenvalue weighted by atomic mass is 9.76. The van der Waals surface area contributed by atoms with Crippen LogP contribution in [0, 0.1) is 15.9 Å². The number of hydrogen-bond acceptors (Lipinski definition) is 6. The number of rotatable bonds is 7. The minimum Gasteiger partial charge on any atom is -0.493 e. The van der Waals surface area contributed by atoms with Gasteiger partial charge in [-0.15, -0.1) is 6.42 Å². The summed E-state index contributed by atoms with van der Waals surface area (Å²) in [6, 6.07) is 27.3. The number of amides is 4. The van der Waals surface area contributed by atoms with Gasteiger partial charge in [0, 0.05) is 30.6 Å². The van der Waals surface area contributed by atoms with E-state index in [4.69, 9.17) is 15.9 Å². The van der Waals surface area contributed by atoms with Crippen LogP contribution < -0.4 is 24.6 Å². The zero-order valence-electron chi connectivity index (χ0n) is 26.2. The molecular formula is C39H32IN3O5. The van der Waals surface area contributed by atoms with E-state index in [0.717, 1.165) is 42.0 Å². The number of carbonyl (C=O) groups excluding carboxylic acids is 3. The SMILES string of the molecule is C#CCOc1c(I)cc(/C=C2\C(=O)NC(=O)N(c3cc4c5c(c3)[C@@H](c3ccccc3)CCN5CC[C@@H]4c3ccccc3)C2=O)cc1OC. The van der Waals surface area contributed by atoms with E-state index in [-0.39, 0.29) is 24.0 Å². The number of nitrogens with one attached hydrogen (secondary N) is 1. The molecule has 0 bridgehead atoms. The number of barbiturate groups is 1. The van der Waals surface area contributed by atoms with E-state index in [1.807, 2.05) is 48.5 Å². The quantitative estimate of drug-likeness (QED) is 0.0963. The van der Waals surface area contributed by atoms with Crippen molar-refractivity contribution in [1.29, 1.82) is 0 Å². The van der Waals surface area contributed by atoms with E-state index < -0.39 is 17.8 Å². The van der Waals surface area contributed by atoms with Crippen LogP contribution in [-0.4, -0.2) is 44.7 Å². The van der Waals surface area contributed by atoms with Crippen LogP contribution in [0.15, 0.2) is 90.5 Å². The second-order valence-corrected chi connectivity index (χ2v) is 13.1. The van der Waals surface area contributed by atoms with Crippen molar-refractivity contribution in [2.24, 2.45) is 0 Å². The number of urea groups is 1. The molecule has 1 saturated heterocycles. The van der Waals surface area contributed by atoms with Gasteiger partial charge >= 0.3 is 6.03 Å². The van der Waals surface area contributed by atoms with Gasteiger partial charge in [-0.2, -0.15) is 0 Å². The number of benzene rings is 4. The maximum Gasteiger partial charge on any atom is 0.335 e. The number of halogens is 1. The van der Waals surface area contributed by atoms with Crippen molar-refractivity contribution in [3.63, 3.8) is 0 Å². The van der Waals surface area contributed by atoms with Gasteiger partial charge < -0.3 is 14.4 Å². The molecule has 8 nitrogen and oxygen atoms in total. The Morgan fingerprint density at radius 3 is 2.08 bits per heavy atom. The largest absolute Gasteiger partial charge is 0.493 e. The summed E-state index contributed by atoms with van der Waals surface area (Å²) in [5.41, 5.74) is 6.47. The summed E-state index contributed by atoms with van der Waals surface area (Å²) in [6.45, 7) is 1.89. The van der Waals surface area contributed by atoms with Crippen LogP contribution in [0.1, 0.15) is 52.5 Å². The average molecular weight is 750 g/mol. The van der Waals surface area contributed by atoms with Gasteiger partial charge in [-0.3, -0.25) is 14.9 Å². The number of carbonyl (C=O) groups is 3. The Labute approximate surface area is 292 Å². The van der Waals surface area contributed by atoms with Crippen molar-refractivity contribution in [1.82, 2.24) is 5.32 Å². The van der Waals surface area contributed by atoms with E-state index in [2.05, 4.69) is 63.0 Å². The van der Waals surface area contributed by atoms with Crippen molar-refractivity contribution < 1.29 is 23.9 Å². The Bertz CT molecular complexity index is 1930. The molecule has 3 aliphatic heterocycles. The highest BCUT2D eigenvalue weighted by Gasteiger charge is 2.40. The van der Waals surface area contributed by atoms with Gasteiger partial charge in [0.1, 0.15) is 12.2 Å². The molecule has 2 atom stereocenters. The molecule has 4 aromatic carbocycles. The molecule has 48 heavy (non-hydrogen) atoms. The molecule has 4 aromatic rings. The Hall–Kier alpha value is -5.08. The number of hydrogen-bond donors (Lipinski definition) is 1. The number of anilines is 2. The molecule has 0 spiro atoms. The zero-order valence-corrected chi connectivity index (χ0v) is 28.4. The molecule has 0 radical (unpaired) electrons. The summed E-state index contributed by atoms with van der Waals surface area (Å²) in [7, 11) is 1.50. The first-order chi connectivity index (χ1) is 23.4. The first kappa shape index (κ1) is 31.5. The number of methoxy groups -OCH3 is 1. The van der Waals surface area contributed by atoms with Crippen molar-refractivity contribution in [2.45, 2.75) is 24.7 Å². The number of nitrogens with zero attached hydrogens (tertiary/aromatic N) is 2. The molecule has 3 aliphatic rings. The highest BCUT2D eigenvalue weighted by atomic mass is 127. The fraction of sp³-hybridized carbons (Fsp3) is 0.205. The molecule has 7 rings (SSSR count). The summed E-state index contributed by atoms with van der Waals surface area (Å²) >= 11 is 2.09. The maximum atomic E-state index is 14.2. The minimum atomic E-state index is -0.782. The molecule has 1 N–H and O–H groups in total. The Morgan fingerprint density at radius 1 is 0.917 bits per heavy atom. The molecule has 0 saturated carbocycles. The van der Waals surface area contributed by atoms with E-state index in [1.165, 1.54) is 30.0 Å². The molecule has 0 aromatic heterocycles. The fourth-order valence-corrected chi connectivity index (χ4v) is 7.89. The third-order valence-corrected chi connectivity index (χ3v) is 10.0. The third kappa shape index (κ3) is 5.70. The highest BCUT2D eigenvalue weighted by molar-refractivity contribution is 14.1. The Kier molecular flexibility index (Phi) is 8.67. The van der Waals surface area contributed by atoms with E-state index in [9.17, 15) is 14.4 Å². The molecule has 240 valence electrons. The zero-order chi connectivity index (χ0) is 33.4. The van der Waals surface area contributed by atoms with Gasteiger partial charge in [-0.25, -0.2) is 9.69 Å². The lowest BCUT2D eigenvalue weighted by molar-refractivity contribution is -0.122. The summed E-state index contributed by atoms with van der Waals surface area (Å²) in [5.74, 6) is 1.99. The van der Waals surface area contributed by atoms with Gasteiger partial charge in [0.15, 0.2) is 11.5 Å². The normalized spacial score (nSPS) is 19.4. The first-order valence-electron chi connectivity index (χ1n) is 15.8. The molecule has 9 heteroatoms. The van der Waals surface area contributed by atoms with Crippen LogP contribution in [0.4, 0.5) is 16.2 Å². The van der Waals surface area contributed by atoms with Crippen molar-refractivity contribution in [2.75, 3.05) is 36.6 Å². The standard InChI is InChI=1S/C39H32IN3O5/c1-3-18-48-36-33(40)20-24(21-34(36)47-2)19-32-37(44)41-39(46)43(38(32)45)27-22-30-28(25-10-6-4-7-11-25)14-16-42-17-15-29(31(23-27)35(30)42)26-12-8-5-9-13-26/h1,4-13,19-23,28-29H,14-18H2,2H3,(H,41,44,46)/b32-19+/t28-,29-/m1/s1. The predicted octanol–water partition coefficient (Wildman–Crippen LogP) is 6.86. The van der Waals surface area contributed by atoms with Crippen LogP contribution >= 0.6 is 22.6 Å². The van der Waals surface area contributed by atoms with Crippen molar-refractivity contribution >= 4 is 57.9 Å². The van der Waals surface area contributed by atoms with Gasteiger partial charge in [-0.1, -0.05) is 66.6 Å². The monoisotopic (exact) mass is 749 g/mol. The number of terminal acetylenes is 1. The lowest BCUT2D eigenvalue weighted by Gasteiger charge is -2.44. The van der Waals surface area contributed by atoms with E-state index in [0.29, 0.717) is 26.3 Å². The van der Waals surface area contributed by atoms with Crippen molar-refractivity contribution in [3.05, 3.63) is 122 Å². The summed E-state index contributed by atoms with van der Waals surface area (Å²) in [4.78, 5) is 44.5. The van der Waals surface area contributed by atoms with Crippen LogP contribution in [0.2, 0.25) is 0 Å². The van der Waals surface area contributed by atoms with Crippen molar-refractivity contribution in [3.8, 4) is 23.8 Å². The molecule has 0 aliphatic carbocycles. The summed E-state index contributed by atoms with van der Waals surface area (Å²) in [6.07, 6.45) is 8.65. The van der Waals surface area contributed by atoms with Gasteiger partial charge in [0.2, 0.25) is 0 Å². The Morgan fingerprint density at radius 2 is 1.52 bits per heavy atom. The van der Waals surface area contributed by atoms with E-state index in [1.54, 1.807) is 12.1 Å². The van der Waals surface area contributed by atoms with Gasteiger partial charge in [0.25, 0.3) is 11.8 Å². The second-order valence-electron chi connectivity index (χ2n) is 11.9.